The summed E-state index contributed by atoms with van der Waals surface area (Å²) in [5.41, 5.74) is 7.46. The molecule has 18 heavy (non-hydrogen) atoms. The van der Waals surface area contributed by atoms with Crippen molar-refractivity contribution in [1.29, 1.82) is 5.41 Å². The van der Waals surface area contributed by atoms with Crippen molar-refractivity contribution in [3.63, 3.8) is 0 Å². The van der Waals surface area contributed by atoms with Crippen molar-refractivity contribution in [3.8, 4) is 0 Å². The third kappa shape index (κ3) is 2.67. The molecule has 1 aliphatic heterocycles. The Hall–Kier alpha value is -1.07. The summed E-state index contributed by atoms with van der Waals surface area (Å²) in [4.78, 5) is 2.21. The van der Waals surface area contributed by atoms with E-state index in [-0.39, 0.29) is 5.84 Å². The maximum atomic E-state index is 7.72. The van der Waals surface area contributed by atoms with E-state index in [1.54, 1.807) is 0 Å². The Kier molecular flexibility index (Phi) is 4.24. The third-order valence-corrected chi connectivity index (χ3v) is 4.04. The van der Waals surface area contributed by atoms with Gasteiger partial charge in [0.15, 0.2) is 0 Å². The highest BCUT2D eigenvalue weighted by Gasteiger charge is 2.22. The fraction of sp³-hybridized carbons (Fsp3) is 0.462. The van der Waals surface area contributed by atoms with Crippen LogP contribution in [0.1, 0.15) is 18.4 Å². The SMILES string of the molecule is CN(c1cccc(Br)c1C(=N)N)C1CCOCC1. The summed E-state index contributed by atoms with van der Waals surface area (Å²) in [5, 5.41) is 7.72. The number of hydrogen-bond acceptors (Lipinski definition) is 3. The highest BCUT2D eigenvalue weighted by Crippen LogP contribution is 2.29. The molecule has 0 spiro atoms. The van der Waals surface area contributed by atoms with Crippen molar-refractivity contribution >= 4 is 27.5 Å². The molecule has 2 rings (SSSR count). The van der Waals surface area contributed by atoms with Gasteiger partial charge in [0.25, 0.3) is 0 Å². The maximum absolute atomic E-state index is 7.72. The van der Waals surface area contributed by atoms with E-state index in [0.29, 0.717) is 6.04 Å². The molecule has 1 aliphatic rings. The van der Waals surface area contributed by atoms with E-state index in [4.69, 9.17) is 15.9 Å². The van der Waals surface area contributed by atoms with E-state index in [1.807, 2.05) is 18.2 Å². The number of hydrogen-bond donors (Lipinski definition) is 2. The lowest BCUT2D eigenvalue weighted by Gasteiger charge is -2.34. The number of rotatable bonds is 3. The average Bonchev–Trinajstić information content (AvgIpc) is 2.38. The smallest absolute Gasteiger partial charge is 0.126 e. The highest BCUT2D eigenvalue weighted by molar-refractivity contribution is 9.10. The van der Waals surface area contributed by atoms with Gasteiger partial charge in [-0.2, -0.15) is 0 Å². The summed E-state index contributed by atoms with van der Waals surface area (Å²) in [6.45, 7) is 1.61. The van der Waals surface area contributed by atoms with Gasteiger partial charge in [-0.1, -0.05) is 6.07 Å². The van der Waals surface area contributed by atoms with E-state index < -0.39 is 0 Å². The molecule has 4 nitrogen and oxygen atoms in total. The summed E-state index contributed by atoms with van der Waals surface area (Å²) in [6.07, 6.45) is 2.03. The van der Waals surface area contributed by atoms with Crippen molar-refractivity contribution < 1.29 is 4.74 Å². The first-order valence-electron chi connectivity index (χ1n) is 6.04. The molecule has 1 fully saturated rings. The van der Waals surface area contributed by atoms with Crippen LogP contribution in [0.5, 0.6) is 0 Å². The first-order chi connectivity index (χ1) is 8.61. The van der Waals surface area contributed by atoms with E-state index >= 15 is 0 Å². The van der Waals surface area contributed by atoms with Gasteiger partial charge in [-0.05, 0) is 40.9 Å². The van der Waals surface area contributed by atoms with Crippen LogP contribution in [0.15, 0.2) is 22.7 Å². The molecule has 1 aromatic rings. The third-order valence-electron chi connectivity index (χ3n) is 3.38. The van der Waals surface area contributed by atoms with Gasteiger partial charge in [0.05, 0.1) is 5.56 Å². The number of nitrogen functional groups attached to an aromatic ring is 1. The second-order valence-electron chi connectivity index (χ2n) is 4.50. The quantitative estimate of drug-likeness (QED) is 0.665. The summed E-state index contributed by atoms with van der Waals surface area (Å²) in [6, 6.07) is 6.35. The molecule has 3 N–H and O–H groups in total. The zero-order valence-corrected chi connectivity index (χ0v) is 12.0. The minimum absolute atomic E-state index is 0.0939. The molecule has 0 radical (unpaired) electrons. The van der Waals surface area contributed by atoms with Crippen LogP contribution in [0, 0.1) is 5.41 Å². The fourth-order valence-corrected chi connectivity index (χ4v) is 2.91. The number of nitrogens with two attached hydrogens (primary N) is 1. The van der Waals surface area contributed by atoms with Crippen LogP contribution in [0.25, 0.3) is 0 Å². The van der Waals surface area contributed by atoms with Crippen LogP contribution in [0.3, 0.4) is 0 Å². The Balaban J connectivity index is 2.31. The first kappa shape index (κ1) is 13.4. The molecule has 0 saturated carbocycles. The largest absolute Gasteiger partial charge is 0.384 e. The molecular formula is C13H18BrN3O. The van der Waals surface area contributed by atoms with E-state index in [1.165, 1.54) is 0 Å². The van der Waals surface area contributed by atoms with Crippen LogP contribution < -0.4 is 10.6 Å². The standard InChI is InChI=1S/C13H18BrN3O/c1-17(9-5-7-18-8-6-9)11-4-2-3-10(14)12(11)13(15)16/h2-4,9H,5-8H2,1H3,(H3,15,16). The topological polar surface area (TPSA) is 62.3 Å². The van der Waals surface area contributed by atoms with E-state index in [9.17, 15) is 0 Å². The number of amidine groups is 1. The number of nitrogens with one attached hydrogen (secondary N) is 1. The number of anilines is 1. The van der Waals surface area contributed by atoms with Gasteiger partial charge in [0, 0.05) is 36.5 Å². The fourth-order valence-electron chi connectivity index (χ4n) is 2.34. The van der Waals surface area contributed by atoms with Crippen LogP contribution in [-0.2, 0) is 4.74 Å². The lowest BCUT2D eigenvalue weighted by molar-refractivity contribution is 0.0855. The highest BCUT2D eigenvalue weighted by atomic mass is 79.9. The summed E-state index contributed by atoms with van der Waals surface area (Å²) >= 11 is 3.47. The minimum atomic E-state index is 0.0939. The number of benzene rings is 1. The van der Waals surface area contributed by atoms with Crippen molar-refractivity contribution in [2.45, 2.75) is 18.9 Å². The second kappa shape index (κ2) is 5.71. The van der Waals surface area contributed by atoms with Crippen molar-refractivity contribution in [3.05, 3.63) is 28.2 Å². The Morgan fingerprint density at radius 2 is 2.11 bits per heavy atom. The Labute approximate surface area is 116 Å². The number of halogens is 1. The second-order valence-corrected chi connectivity index (χ2v) is 5.36. The normalized spacial score (nSPS) is 16.6. The molecule has 0 aromatic heterocycles. The van der Waals surface area contributed by atoms with Crippen molar-refractivity contribution in [2.75, 3.05) is 25.2 Å². The molecule has 0 atom stereocenters. The lowest BCUT2D eigenvalue weighted by atomic mass is 10.0. The Morgan fingerprint density at radius 3 is 2.72 bits per heavy atom. The van der Waals surface area contributed by atoms with Gasteiger partial charge in [-0.3, -0.25) is 5.41 Å². The summed E-state index contributed by atoms with van der Waals surface area (Å²) in [5.74, 6) is 0.0939. The first-order valence-corrected chi connectivity index (χ1v) is 6.84. The monoisotopic (exact) mass is 311 g/mol. The molecule has 5 heteroatoms. The number of nitrogens with zero attached hydrogens (tertiary/aromatic N) is 1. The van der Waals surface area contributed by atoms with Crippen molar-refractivity contribution in [1.82, 2.24) is 0 Å². The van der Waals surface area contributed by atoms with Crippen LogP contribution in [0.4, 0.5) is 5.69 Å². The lowest BCUT2D eigenvalue weighted by Crippen LogP contribution is -2.37. The van der Waals surface area contributed by atoms with Gasteiger partial charge in [-0.25, -0.2) is 0 Å². The molecule has 0 bridgehead atoms. The maximum Gasteiger partial charge on any atom is 0.126 e. The van der Waals surface area contributed by atoms with E-state index in [2.05, 4.69) is 27.9 Å². The van der Waals surface area contributed by atoms with Crippen LogP contribution in [-0.4, -0.2) is 32.1 Å². The zero-order chi connectivity index (χ0) is 13.1. The molecule has 1 heterocycles. The van der Waals surface area contributed by atoms with Crippen LogP contribution in [0.2, 0.25) is 0 Å². The molecule has 0 unspecified atom stereocenters. The minimum Gasteiger partial charge on any atom is -0.384 e. The molecule has 98 valence electrons. The van der Waals surface area contributed by atoms with Gasteiger partial charge in [0.1, 0.15) is 5.84 Å². The molecule has 1 aromatic carbocycles. The Bertz CT molecular complexity index is 444. The molecule has 1 saturated heterocycles. The van der Waals surface area contributed by atoms with Gasteiger partial charge >= 0.3 is 0 Å². The Morgan fingerprint density at radius 1 is 1.44 bits per heavy atom. The van der Waals surface area contributed by atoms with Crippen molar-refractivity contribution in [2.24, 2.45) is 5.73 Å². The van der Waals surface area contributed by atoms with Gasteiger partial charge < -0.3 is 15.4 Å². The number of ether oxygens (including phenoxy) is 1. The van der Waals surface area contributed by atoms with Gasteiger partial charge in [0.2, 0.25) is 0 Å². The summed E-state index contributed by atoms with van der Waals surface area (Å²) < 4.78 is 6.25. The zero-order valence-electron chi connectivity index (χ0n) is 10.4. The van der Waals surface area contributed by atoms with Crippen LogP contribution >= 0.6 is 15.9 Å². The predicted molar refractivity (Wildman–Crippen MR) is 77.4 cm³/mol. The summed E-state index contributed by atoms with van der Waals surface area (Å²) in [7, 11) is 2.06. The predicted octanol–water partition coefficient (Wildman–Crippen LogP) is 2.35. The molecule has 0 aliphatic carbocycles. The molecular weight excluding hydrogens is 294 g/mol. The van der Waals surface area contributed by atoms with Gasteiger partial charge in [-0.15, -0.1) is 0 Å². The van der Waals surface area contributed by atoms with E-state index in [0.717, 1.165) is 41.8 Å². The average molecular weight is 312 g/mol. The molecule has 0 amide bonds.